The molecule has 1 aromatic rings. The number of benzene rings is 1. The van der Waals surface area contributed by atoms with Gasteiger partial charge in [-0.15, -0.1) is 0 Å². The van der Waals surface area contributed by atoms with E-state index in [1.54, 1.807) is 0 Å². The molecule has 1 N–H and O–H groups in total. The summed E-state index contributed by atoms with van der Waals surface area (Å²) in [4.78, 5) is 16.7. The van der Waals surface area contributed by atoms with Crippen molar-refractivity contribution in [3.8, 4) is 0 Å². The third-order valence-electron chi connectivity index (χ3n) is 4.12. The van der Waals surface area contributed by atoms with Crippen LogP contribution in [-0.4, -0.2) is 49.6 Å². The zero-order chi connectivity index (χ0) is 16.1. The van der Waals surface area contributed by atoms with E-state index in [0.717, 1.165) is 37.7 Å². The molecule has 1 aliphatic heterocycles. The van der Waals surface area contributed by atoms with Gasteiger partial charge in [-0.2, -0.15) is 0 Å². The van der Waals surface area contributed by atoms with E-state index in [1.807, 2.05) is 19.1 Å². The van der Waals surface area contributed by atoms with E-state index >= 15 is 0 Å². The van der Waals surface area contributed by atoms with Crippen molar-refractivity contribution in [2.24, 2.45) is 5.92 Å². The molecule has 1 amide bonds. The topological polar surface area (TPSA) is 35.6 Å². The second-order valence-corrected chi connectivity index (χ2v) is 6.75. The molecule has 4 nitrogen and oxygen atoms in total. The van der Waals surface area contributed by atoms with Crippen molar-refractivity contribution >= 4 is 23.2 Å². The summed E-state index contributed by atoms with van der Waals surface area (Å²) >= 11 is 5.93. The Morgan fingerprint density at radius 3 is 2.27 bits per heavy atom. The molecule has 0 saturated carbocycles. The van der Waals surface area contributed by atoms with Crippen LogP contribution in [0.4, 0.5) is 5.69 Å². The molecule has 1 heterocycles. The summed E-state index contributed by atoms with van der Waals surface area (Å²) in [6, 6.07) is 7.88. The van der Waals surface area contributed by atoms with Crippen LogP contribution in [0, 0.1) is 5.92 Å². The lowest BCUT2D eigenvalue weighted by Crippen LogP contribution is -2.54. The smallest absolute Gasteiger partial charge is 0.237 e. The highest BCUT2D eigenvalue weighted by molar-refractivity contribution is 6.30. The maximum absolute atomic E-state index is 12.2. The Balaban J connectivity index is 1.83. The molecule has 0 unspecified atom stereocenters. The van der Waals surface area contributed by atoms with Crippen molar-refractivity contribution in [2.45, 2.75) is 26.8 Å². The number of amides is 1. The summed E-state index contributed by atoms with van der Waals surface area (Å²) in [6.45, 7) is 10.6. The van der Waals surface area contributed by atoms with Crippen LogP contribution in [0.2, 0.25) is 5.02 Å². The molecular weight excluding hydrogens is 298 g/mol. The highest BCUT2D eigenvalue weighted by Crippen LogP contribution is 2.20. The Kier molecular flexibility index (Phi) is 6.09. The van der Waals surface area contributed by atoms with Crippen LogP contribution in [0.5, 0.6) is 0 Å². The number of carbonyl (C=O) groups is 1. The first-order valence-corrected chi connectivity index (χ1v) is 8.37. The van der Waals surface area contributed by atoms with Crippen molar-refractivity contribution in [3.05, 3.63) is 29.3 Å². The molecule has 5 heteroatoms. The van der Waals surface area contributed by atoms with E-state index < -0.39 is 0 Å². The minimum Gasteiger partial charge on any atom is -0.369 e. The highest BCUT2D eigenvalue weighted by Gasteiger charge is 2.25. The van der Waals surface area contributed by atoms with Gasteiger partial charge in [0.25, 0.3) is 0 Å². The first-order valence-electron chi connectivity index (χ1n) is 7.99. The first kappa shape index (κ1) is 17.1. The SMILES string of the molecule is CC(C)CNC(=O)[C@H](C)N1CCN(c2ccc(Cl)cc2)CC1. The second-order valence-electron chi connectivity index (χ2n) is 6.31. The van der Waals surface area contributed by atoms with E-state index in [0.29, 0.717) is 5.92 Å². The minimum absolute atomic E-state index is 0.0638. The van der Waals surface area contributed by atoms with Gasteiger partial charge in [-0.3, -0.25) is 9.69 Å². The van der Waals surface area contributed by atoms with Crippen molar-refractivity contribution in [2.75, 3.05) is 37.6 Å². The van der Waals surface area contributed by atoms with Gasteiger partial charge in [0.1, 0.15) is 0 Å². The molecule has 1 atom stereocenters. The molecule has 0 aliphatic carbocycles. The molecule has 122 valence electrons. The van der Waals surface area contributed by atoms with E-state index in [-0.39, 0.29) is 11.9 Å². The number of rotatable bonds is 5. The Labute approximate surface area is 138 Å². The maximum atomic E-state index is 12.2. The Morgan fingerprint density at radius 2 is 1.73 bits per heavy atom. The lowest BCUT2D eigenvalue weighted by molar-refractivity contribution is -0.126. The third-order valence-corrected chi connectivity index (χ3v) is 4.37. The molecule has 0 spiro atoms. The molecule has 1 saturated heterocycles. The van der Waals surface area contributed by atoms with Crippen molar-refractivity contribution < 1.29 is 4.79 Å². The van der Waals surface area contributed by atoms with Crippen molar-refractivity contribution in [1.29, 1.82) is 0 Å². The van der Waals surface area contributed by atoms with Gasteiger partial charge >= 0.3 is 0 Å². The first-order chi connectivity index (χ1) is 10.5. The zero-order valence-electron chi connectivity index (χ0n) is 13.7. The number of nitrogens with zero attached hydrogens (tertiary/aromatic N) is 2. The number of halogens is 1. The summed E-state index contributed by atoms with van der Waals surface area (Å²) in [5.74, 6) is 0.617. The fourth-order valence-corrected chi connectivity index (χ4v) is 2.76. The molecule has 0 bridgehead atoms. The van der Waals surface area contributed by atoms with Gasteiger partial charge in [-0.25, -0.2) is 0 Å². The fraction of sp³-hybridized carbons (Fsp3) is 0.588. The van der Waals surface area contributed by atoms with Crippen LogP contribution in [-0.2, 0) is 4.79 Å². The van der Waals surface area contributed by atoms with Crippen LogP contribution >= 0.6 is 11.6 Å². The number of anilines is 1. The predicted octanol–water partition coefficient (Wildman–Crippen LogP) is 2.62. The Hall–Kier alpha value is -1.26. The number of hydrogen-bond donors (Lipinski definition) is 1. The Morgan fingerprint density at radius 1 is 1.14 bits per heavy atom. The predicted molar refractivity (Wildman–Crippen MR) is 92.5 cm³/mol. The quantitative estimate of drug-likeness (QED) is 0.905. The van der Waals surface area contributed by atoms with Gasteiger partial charge in [0.05, 0.1) is 6.04 Å². The number of hydrogen-bond acceptors (Lipinski definition) is 3. The standard InChI is InChI=1S/C17H26ClN3O/c1-13(2)12-19-17(22)14(3)20-8-10-21(11-9-20)16-6-4-15(18)5-7-16/h4-7,13-14H,8-12H2,1-3H3,(H,19,22)/t14-/m0/s1. The molecule has 0 aromatic heterocycles. The summed E-state index contributed by atoms with van der Waals surface area (Å²) in [6.07, 6.45) is 0. The Bertz CT molecular complexity index is 481. The molecule has 1 fully saturated rings. The van der Waals surface area contributed by atoms with Gasteiger partial charge in [0.15, 0.2) is 0 Å². The average Bonchev–Trinajstić information content (AvgIpc) is 2.53. The lowest BCUT2D eigenvalue weighted by Gasteiger charge is -2.38. The van der Waals surface area contributed by atoms with E-state index in [2.05, 4.69) is 41.1 Å². The van der Waals surface area contributed by atoms with Crippen LogP contribution in [0.25, 0.3) is 0 Å². The number of carbonyl (C=O) groups excluding carboxylic acids is 1. The molecule has 2 rings (SSSR count). The van der Waals surface area contributed by atoms with Crippen LogP contribution in [0.1, 0.15) is 20.8 Å². The number of piperazine rings is 1. The number of nitrogens with one attached hydrogen (secondary N) is 1. The van der Waals surface area contributed by atoms with Gasteiger partial charge < -0.3 is 10.2 Å². The summed E-state index contributed by atoms with van der Waals surface area (Å²) in [5.41, 5.74) is 1.20. The highest BCUT2D eigenvalue weighted by atomic mass is 35.5. The van der Waals surface area contributed by atoms with Crippen molar-refractivity contribution in [3.63, 3.8) is 0 Å². The van der Waals surface area contributed by atoms with Gasteiger partial charge in [-0.05, 0) is 37.1 Å². The summed E-state index contributed by atoms with van der Waals surface area (Å²) in [5, 5.41) is 3.78. The average molecular weight is 324 g/mol. The monoisotopic (exact) mass is 323 g/mol. The van der Waals surface area contributed by atoms with Crippen LogP contribution in [0.3, 0.4) is 0 Å². The van der Waals surface area contributed by atoms with E-state index in [1.165, 1.54) is 5.69 Å². The molecular formula is C17H26ClN3O. The van der Waals surface area contributed by atoms with Crippen molar-refractivity contribution in [1.82, 2.24) is 10.2 Å². The minimum atomic E-state index is -0.0638. The molecule has 1 aromatic carbocycles. The zero-order valence-corrected chi connectivity index (χ0v) is 14.4. The second kappa shape index (κ2) is 7.84. The van der Waals surface area contributed by atoms with E-state index in [9.17, 15) is 4.79 Å². The largest absolute Gasteiger partial charge is 0.369 e. The molecule has 0 radical (unpaired) electrons. The van der Waals surface area contributed by atoms with Gasteiger partial charge in [0, 0.05) is 43.4 Å². The summed E-state index contributed by atoms with van der Waals surface area (Å²) < 4.78 is 0. The fourth-order valence-electron chi connectivity index (χ4n) is 2.64. The van der Waals surface area contributed by atoms with E-state index in [4.69, 9.17) is 11.6 Å². The maximum Gasteiger partial charge on any atom is 0.237 e. The lowest BCUT2D eigenvalue weighted by atomic mass is 10.1. The van der Waals surface area contributed by atoms with Gasteiger partial charge in [0.2, 0.25) is 5.91 Å². The summed E-state index contributed by atoms with van der Waals surface area (Å²) in [7, 11) is 0. The van der Waals surface area contributed by atoms with Crippen LogP contribution < -0.4 is 10.2 Å². The normalized spacial score (nSPS) is 17.6. The van der Waals surface area contributed by atoms with Crippen LogP contribution in [0.15, 0.2) is 24.3 Å². The molecule has 1 aliphatic rings. The van der Waals surface area contributed by atoms with Gasteiger partial charge in [-0.1, -0.05) is 25.4 Å². The molecule has 22 heavy (non-hydrogen) atoms. The third kappa shape index (κ3) is 4.62.